The zero-order valence-electron chi connectivity index (χ0n) is 14.1. The molecule has 0 saturated carbocycles. The van der Waals surface area contributed by atoms with E-state index >= 15 is 0 Å². The lowest BCUT2D eigenvalue weighted by Crippen LogP contribution is -2.21. The van der Waals surface area contributed by atoms with E-state index in [0.717, 1.165) is 30.3 Å². The Morgan fingerprint density at radius 3 is 2.43 bits per heavy atom. The van der Waals surface area contributed by atoms with Crippen molar-refractivity contribution in [1.29, 1.82) is 0 Å². The molecule has 5 nitrogen and oxygen atoms in total. The van der Waals surface area contributed by atoms with Crippen LogP contribution >= 0.6 is 0 Å². The van der Waals surface area contributed by atoms with Crippen molar-refractivity contribution in [3.63, 3.8) is 0 Å². The van der Waals surface area contributed by atoms with E-state index in [1.807, 2.05) is 13.0 Å². The van der Waals surface area contributed by atoms with Gasteiger partial charge in [-0.3, -0.25) is 0 Å². The molecule has 0 amide bonds. The van der Waals surface area contributed by atoms with Gasteiger partial charge in [-0.2, -0.15) is 4.98 Å². The van der Waals surface area contributed by atoms with Gasteiger partial charge in [0.15, 0.2) is 0 Å². The van der Waals surface area contributed by atoms with Crippen LogP contribution in [0.5, 0.6) is 0 Å². The highest BCUT2D eigenvalue weighted by molar-refractivity contribution is 5.60. The molecule has 1 aromatic heterocycles. The van der Waals surface area contributed by atoms with E-state index in [2.05, 4.69) is 70.2 Å². The monoisotopic (exact) mass is 311 g/mol. The number of rotatable bonds is 8. The number of hydrogen-bond donors (Lipinski definition) is 2. The molecular formula is C18H25N5. The lowest BCUT2D eigenvalue weighted by atomic mass is 10.2. The lowest BCUT2D eigenvalue weighted by Gasteiger charge is -2.21. The van der Waals surface area contributed by atoms with Gasteiger partial charge < -0.3 is 15.5 Å². The molecule has 0 atom stereocenters. The maximum Gasteiger partial charge on any atom is 0.229 e. The maximum atomic E-state index is 4.46. The molecule has 2 aromatic rings. The van der Waals surface area contributed by atoms with Crippen LogP contribution in [0.25, 0.3) is 0 Å². The summed E-state index contributed by atoms with van der Waals surface area (Å²) in [6.07, 6.45) is 1.80. The van der Waals surface area contributed by atoms with Crippen molar-refractivity contribution in [2.75, 3.05) is 35.2 Å². The molecule has 0 unspecified atom stereocenters. The molecule has 2 N–H and O–H groups in total. The molecule has 0 fully saturated rings. The average Bonchev–Trinajstić information content (AvgIpc) is 2.55. The number of aryl methyl sites for hydroxylation is 1. The van der Waals surface area contributed by atoms with Crippen LogP contribution in [0.15, 0.2) is 43.0 Å². The topological polar surface area (TPSA) is 53.1 Å². The molecule has 122 valence electrons. The first-order valence-corrected chi connectivity index (χ1v) is 7.98. The third-order valence-corrected chi connectivity index (χ3v) is 3.53. The number of anilines is 4. The normalized spacial score (nSPS) is 10.2. The molecule has 1 aromatic carbocycles. The van der Waals surface area contributed by atoms with Crippen LogP contribution in [0, 0.1) is 6.92 Å². The highest BCUT2D eigenvalue weighted by Gasteiger charge is 2.04. The quantitative estimate of drug-likeness (QED) is 0.722. The highest BCUT2D eigenvalue weighted by atomic mass is 15.1. The van der Waals surface area contributed by atoms with Gasteiger partial charge in [0.1, 0.15) is 5.82 Å². The van der Waals surface area contributed by atoms with Crippen LogP contribution < -0.4 is 15.5 Å². The minimum atomic E-state index is 0.590. The molecule has 0 aliphatic carbocycles. The van der Waals surface area contributed by atoms with Crippen molar-refractivity contribution in [3.8, 4) is 0 Å². The second-order valence-electron chi connectivity index (χ2n) is 5.23. The Morgan fingerprint density at radius 2 is 1.83 bits per heavy atom. The standard InChI is InChI=1S/C18H25N5/c1-5-12-19-17-13-14(4)20-18(22-17)21-15-8-10-16(11-9-15)23(6-2)7-3/h5,8-11,13H,1,6-7,12H2,2-4H3,(H2,19,20,21,22). The number of nitrogens with zero attached hydrogens (tertiary/aromatic N) is 3. The summed E-state index contributed by atoms with van der Waals surface area (Å²) in [7, 11) is 0. The van der Waals surface area contributed by atoms with Crippen LogP contribution in [0.2, 0.25) is 0 Å². The van der Waals surface area contributed by atoms with Gasteiger partial charge in [-0.25, -0.2) is 4.98 Å². The summed E-state index contributed by atoms with van der Waals surface area (Å²) in [5.74, 6) is 1.38. The molecule has 0 radical (unpaired) electrons. The van der Waals surface area contributed by atoms with Gasteiger partial charge in [0.2, 0.25) is 5.95 Å². The second-order valence-corrected chi connectivity index (χ2v) is 5.23. The fourth-order valence-corrected chi connectivity index (χ4v) is 2.37. The number of benzene rings is 1. The predicted molar refractivity (Wildman–Crippen MR) is 98.7 cm³/mol. The minimum Gasteiger partial charge on any atom is -0.372 e. The Morgan fingerprint density at radius 1 is 1.13 bits per heavy atom. The van der Waals surface area contributed by atoms with Gasteiger partial charge in [0.25, 0.3) is 0 Å². The number of aromatic nitrogens is 2. The Labute approximate surface area is 138 Å². The molecule has 1 heterocycles. The van der Waals surface area contributed by atoms with Gasteiger partial charge >= 0.3 is 0 Å². The first-order valence-electron chi connectivity index (χ1n) is 7.98. The van der Waals surface area contributed by atoms with Crippen molar-refractivity contribution >= 4 is 23.1 Å². The Hall–Kier alpha value is -2.56. The summed E-state index contributed by atoms with van der Waals surface area (Å²) >= 11 is 0. The van der Waals surface area contributed by atoms with Gasteiger partial charge in [0, 0.05) is 42.8 Å². The van der Waals surface area contributed by atoms with E-state index in [1.54, 1.807) is 6.08 Å². The van der Waals surface area contributed by atoms with Crippen LogP contribution in [0.1, 0.15) is 19.5 Å². The fourth-order valence-electron chi connectivity index (χ4n) is 2.37. The summed E-state index contributed by atoms with van der Waals surface area (Å²) in [6, 6.07) is 10.2. The maximum absolute atomic E-state index is 4.46. The van der Waals surface area contributed by atoms with Crippen LogP contribution in [0.3, 0.4) is 0 Å². The van der Waals surface area contributed by atoms with E-state index in [9.17, 15) is 0 Å². The molecule has 0 saturated heterocycles. The van der Waals surface area contributed by atoms with Crippen molar-refractivity contribution < 1.29 is 0 Å². The summed E-state index contributed by atoms with van der Waals surface area (Å²) in [5.41, 5.74) is 3.11. The largest absolute Gasteiger partial charge is 0.372 e. The van der Waals surface area contributed by atoms with E-state index in [1.165, 1.54) is 5.69 Å². The predicted octanol–water partition coefficient (Wildman–Crippen LogP) is 3.97. The van der Waals surface area contributed by atoms with Crippen molar-refractivity contribution in [2.24, 2.45) is 0 Å². The van der Waals surface area contributed by atoms with E-state index in [0.29, 0.717) is 12.5 Å². The molecular weight excluding hydrogens is 286 g/mol. The summed E-state index contributed by atoms with van der Waals surface area (Å²) in [4.78, 5) is 11.2. The van der Waals surface area contributed by atoms with Crippen LogP contribution in [0.4, 0.5) is 23.1 Å². The summed E-state index contributed by atoms with van der Waals surface area (Å²) < 4.78 is 0. The zero-order chi connectivity index (χ0) is 16.7. The molecule has 0 aliphatic rings. The smallest absolute Gasteiger partial charge is 0.229 e. The van der Waals surface area contributed by atoms with E-state index in [-0.39, 0.29) is 0 Å². The van der Waals surface area contributed by atoms with E-state index < -0.39 is 0 Å². The summed E-state index contributed by atoms with van der Waals surface area (Å²) in [6.45, 7) is 12.7. The molecule has 0 aliphatic heterocycles. The van der Waals surface area contributed by atoms with Crippen molar-refractivity contribution in [3.05, 3.63) is 48.7 Å². The first kappa shape index (κ1) is 16.8. The van der Waals surface area contributed by atoms with Gasteiger partial charge in [-0.05, 0) is 45.0 Å². The van der Waals surface area contributed by atoms with Gasteiger partial charge in [-0.1, -0.05) is 6.08 Å². The van der Waals surface area contributed by atoms with Crippen molar-refractivity contribution in [2.45, 2.75) is 20.8 Å². The van der Waals surface area contributed by atoms with E-state index in [4.69, 9.17) is 0 Å². The molecule has 0 bridgehead atoms. The third kappa shape index (κ3) is 4.71. The number of nitrogens with one attached hydrogen (secondary N) is 2. The fraction of sp³-hybridized carbons (Fsp3) is 0.333. The Balaban J connectivity index is 2.12. The lowest BCUT2D eigenvalue weighted by molar-refractivity contribution is 0.866. The van der Waals surface area contributed by atoms with Crippen molar-refractivity contribution in [1.82, 2.24) is 9.97 Å². The minimum absolute atomic E-state index is 0.590. The summed E-state index contributed by atoms with van der Waals surface area (Å²) in [5, 5.41) is 6.44. The molecule has 5 heteroatoms. The highest BCUT2D eigenvalue weighted by Crippen LogP contribution is 2.20. The molecule has 2 rings (SSSR count). The van der Waals surface area contributed by atoms with Crippen LogP contribution in [-0.2, 0) is 0 Å². The average molecular weight is 311 g/mol. The zero-order valence-corrected chi connectivity index (χ0v) is 14.1. The molecule has 0 spiro atoms. The van der Waals surface area contributed by atoms with Gasteiger partial charge in [0.05, 0.1) is 0 Å². The first-order chi connectivity index (χ1) is 11.2. The molecule has 23 heavy (non-hydrogen) atoms. The number of hydrogen-bond acceptors (Lipinski definition) is 5. The third-order valence-electron chi connectivity index (χ3n) is 3.53. The van der Waals surface area contributed by atoms with Crippen LogP contribution in [-0.4, -0.2) is 29.6 Å². The van der Waals surface area contributed by atoms with Gasteiger partial charge in [-0.15, -0.1) is 6.58 Å². The Kier molecular flexibility index (Phi) is 5.97. The Bertz CT molecular complexity index is 632. The second kappa shape index (κ2) is 8.17. The SMILES string of the molecule is C=CCNc1cc(C)nc(Nc2ccc(N(CC)CC)cc2)n1.